The smallest absolute Gasteiger partial charge is 0.191 e. The molecule has 1 rings (SSSR count). The van der Waals surface area contributed by atoms with Gasteiger partial charge in [0, 0.05) is 20.3 Å². The molecule has 0 N–H and O–H groups in total. The average Bonchev–Trinajstić information content (AvgIpc) is 2.72. The zero-order chi connectivity index (χ0) is 14.1. The third-order valence-electron chi connectivity index (χ3n) is 3.21. The molecular formula is C14H27FO4. The predicted octanol–water partition coefficient (Wildman–Crippen LogP) is 2.70. The summed E-state index contributed by atoms with van der Waals surface area (Å²) in [4.78, 5) is 0. The van der Waals surface area contributed by atoms with Crippen molar-refractivity contribution in [2.24, 2.45) is 0 Å². The Bertz CT molecular complexity index is 227. The highest BCUT2D eigenvalue weighted by molar-refractivity contribution is 4.88. The molecule has 0 bridgehead atoms. The second-order valence-electron chi connectivity index (χ2n) is 4.84. The number of rotatable bonds is 10. The van der Waals surface area contributed by atoms with Gasteiger partial charge < -0.3 is 18.9 Å². The molecule has 5 heteroatoms. The van der Waals surface area contributed by atoms with Crippen LogP contribution in [0.1, 0.15) is 39.5 Å². The van der Waals surface area contributed by atoms with Gasteiger partial charge in [0.2, 0.25) is 0 Å². The topological polar surface area (TPSA) is 36.9 Å². The lowest BCUT2D eigenvalue weighted by Crippen LogP contribution is -2.35. The van der Waals surface area contributed by atoms with E-state index in [4.69, 9.17) is 18.9 Å². The molecule has 4 nitrogen and oxygen atoms in total. The van der Waals surface area contributed by atoms with Gasteiger partial charge in [-0.2, -0.15) is 0 Å². The Kier molecular flexibility index (Phi) is 8.53. The predicted molar refractivity (Wildman–Crippen MR) is 70.9 cm³/mol. The van der Waals surface area contributed by atoms with Crippen LogP contribution >= 0.6 is 0 Å². The minimum absolute atomic E-state index is 0.358. The standard InChI is InChI=1S/C14H27FO4/c1-4-6-8-17-10-11-13(18-9-7-5-2)12(15)14(16-3)19-11/h11-14H,4-10H2,1-3H3/t11-,12+,13-,14?/m1/s1. The van der Waals surface area contributed by atoms with E-state index >= 15 is 0 Å². The molecule has 1 saturated heterocycles. The quantitative estimate of drug-likeness (QED) is 0.576. The number of hydrogen-bond acceptors (Lipinski definition) is 4. The van der Waals surface area contributed by atoms with Crippen LogP contribution in [0.25, 0.3) is 0 Å². The Morgan fingerprint density at radius 1 is 1.11 bits per heavy atom. The van der Waals surface area contributed by atoms with E-state index in [-0.39, 0.29) is 6.10 Å². The minimum atomic E-state index is -1.25. The summed E-state index contributed by atoms with van der Waals surface area (Å²) in [6, 6.07) is 0. The van der Waals surface area contributed by atoms with E-state index in [1.54, 1.807) is 0 Å². The summed E-state index contributed by atoms with van der Waals surface area (Å²) < 4.78 is 35.7. The first kappa shape index (κ1) is 16.8. The van der Waals surface area contributed by atoms with Crippen molar-refractivity contribution in [3.05, 3.63) is 0 Å². The highest BCUT2D eigenvalue weighted by Crippen LogP contribution is 2.27. The van der Waals surface area contributed by atoms with E-state index in [0.717, 1.165) is 25.7 Å². The number of alkyl halides is 1. The van der Waals surface area contributed by atoms with Crippen molar-refractivity contribution in [3.8, 4) is 0 Å². The van der Waals surface area contributed by atoms with Gasteiger partial charge in [0.15, 0.2) is 12.5 Å². The van der Waals surface area contributed by atoms with Crippen molar-refractivity contribution < 1.29 is 23.3 Å². The van der Waals surface area contributed by atoms with Gasteiger partial charge in [0.05, 0.1) is 6.61 Å². The second kappa shape index (κ2) is 9.64. The molecule has 0 radical (unpaired) electrons. The number of methoxy groups -OCH3 is 1. The zero-order valence-electron chi connectivity index (χ0n) is 12.3. The molecule has 0 saturated carbocycles. The van der Waals surface area contributed by atoms with E-state index in [0.29, 0.717) is 19.8 Å². The van der Waals surface area contributed by atoms with Crippen LogP contribution < -0.4 is 0 Å². The molecule has 19 heavy (non-hydrogen) atoms. The minimum Gasteiger partial charge on any atom is -0.379 e. The Balaban J connectivity index is 2.40. The zero-order valence-corrected chi connectivity index (χ0v) is 12.3. The molecule has 1 heterocycles. The summed E-state index contributed by atoms with van der Waals surface area (Å²) in [5.74, 6) is 0. The molecular weight excluding hydrogens is 251 g/mol. The first-order valence-corrected chi connectivity index (χ1v) is 7.26. The maximum absolute atomic E-state index is 14.1. The Labute approximate surface area is 115 Å². The van der Waals surface area contributed by atoms with Crippen molar-refractivity contribution in [1.29, 1.82) is 0 Å². The van der Waals surface area contributed by atoms with Crippen LogP contribution in [0.5, 0.6) is 0 Å². The van der Waals surface area contributed by atoms with Gasteiger partial charge >= 0.3 is 0 Å². The van der Waals surface area contributed by atoms with Gasteiger partial charge in [-0.05, 0) is 12.8 Å². The molecule has 114 valence electrons. The maximum Gasteiger partial charge on any atom is 0.191 e. The van der Waals surface area contributed by atoms with Crippen molar-refractivity contribution in [1.82, 2.24) is 0 Å². The molecule has 1 fully saturated rings. The lowest BCUT2D eigenvalue weighted by Gasteiger charge is -2.19. The Morgan fingerprint density at radius 3 is 2.42 bits per heavy atom. The van der Waals surface area contributed by atoms with Crippen LogP contribution in [0.2, 0.25) is 0 Å². The van der Waals surface area contributed by atoms with E-state index in [9.17, 15) is 4.39 Å². The SMILES string of the molecule is CCCCOC[C@H]1OC(OC)[C@@H](F)[C@@H]1OCCCC. The van der Waals surface area contributed by atoms with Gasteiger partial charge in [0.25, 0.3) is 0 Å². The molecule has 1 unspecified atom stereocenters. The molecule has 0 amide bonds. The van der Waals surface area contributed by atoms with Crippen molar-refractivity contribution in [2.75, 3.05) is 26.9 Å². The summed E-state index contributed by atoms with van der Waals surface area (Å²) in [7, 11) is 1.45. The van der Waals surface area contributed by atoms with Crippen LogP contribution in [0, 0.1) is 0 Å². The Morgan fingerprint density at radius 2 is 1.79 bits per heavy atom. The van der Waals surface area contributed by atoms with E-state index in [1.165, 1.54) is 7.11 Å². The number of hydrogen-bond donors (Lipinski definition) is 0. The third kappa shape index (κ3) is 5.34. The van der Waals surface area contributed by atoms with Crippen LogP contribution in [0.4, 0.5) is 4.39 Å². The fourth-order valence-corrected chi connectivity index (χ4v) is 2.01. The van der Waals surface area contributed by atoms with E-state index in [2.05, 4.69) is 13.8 Å². The normalized spacial score (nSPS) is 30.9. The summed E-state index contributed by atoms with van der Waals surface area (Å²) in [5.41, 5.74) is 0. The fraction of sp³-hybridized carbons (Fsp3) is 1.00. The van der Waals surface area contributed by atoms with Crippen LogP contribution in [0.15, 0.2) is 0 Å². The van der Waals surface area contributed by atoms with Crippen molar-refractivity contribution >= 4 is 0 Å². The lowest BCUT2D eigenvalue weighted by molar-refractivity contribution is -0.146. The molecule has 1 aliphatic heterocycles. The largest absolute Gasteiger partial charge is 0.379 e. The molecule has 0 aromatic carbocycles. The molecule has 0 aromatic rings. The number of unbranched alkanes of at least 4 members (excludes halogenated alkanes) is 2. The summed E-state index contributed by atoms with van der Waals surface area (Å²) >= 11 is 0. The summed E-state index contributed by atoms with van der Waals surface area (Å²) in [6.07, 6.45) is 0.967. The molecule has 0 aliphatic carbocycles. The first-order chi connectivity index (χ1) is 9.24. The maximum atomic E-state index is 14.1. The first-order valence-electron chi connectivity index (χ1n) is 7.26. The Hall–Kier alpha value is -0.230. The molecule has 4 atom stereocenters. The van der Waals surface area contributed by atoms with Crippen LogP contribution in [-0.2, 0) is 18.9 Å². The summed E-state index contributed by atoms with van der Waals surface area (Å²) in [5, 5.41) is 0. The number of halogens is 1. The van der Waals surface area contributed by atoms with Crippen molar-refractivity contribution in [3.63, 3.8) is 0 Å². The summed E-state index contributed by atoms with van der Waals surface area (Å²) in [6.45, 7) is 5.76. The fourth-order valence-electron chi connectivity index (χ4n) is 2.01. The van der Waals surface area contributed by atoms with E-state index in [1.807, 2.05) is 0 Å². The highest BCUT2D eigenvalue weighted by atomic mass is 19.1. The highest BCUT2D eigenvalue weighted by Gasteiger charge is 2.46. The van der Waals surface area contributed by atoms with Gasteiger partial charge in [-0.3, -0.25) is 0 Å². The van der Waals surface area contributed by atoms with Gasteiger partial charge in [0.1, 0.15) is 12.2 Å². The van der Waals surface area contributed by atoms with E-state index < -0.39 is 18.6 Å². The van der Waals surface area contributed by atoms with Gasteiger partial charge in [-0.25, -0.2) is 4.39 Å². The number of ether oxygens (including phenoxy) is 4. The van der Waals surface area contributed by atoms with Crippen molar-refractivity contribution in [2.45, 2.75) is 64.2 Å². The second-order valence-corrected chi connectivity index (χ2v) is 4.84. The molecule has 0 aromatic heterocycles. The van der Waals surface area contributed by atoms with Crippen LogP contribution in [-0.4, -0.2) is 51.6 Å². The monoisotopic (exact) mass is 278 g/mol. The van der Waals surface area contributed by atoms with Gasteiger partial charge in [-0.1, -0.05) is 26.7 Å². The lowest BCUT2D eigenvalue weighted by atomic mass is 10.1. The average molecular weight is 278 g/mol. The van der Waals surface area contributed by atoms with Gasteiger partial charge in [-0.15, -0.1) is 0 Å². The van der Waals surface area contributed by atoms with Crippen LogP contribution in [0.3, 0.4) is 0 Å². The molecule has 1 aliphatic rings. The molecule has 0 spiro atoms. The third-order valence-corrected chi connectivity index (χ3v) is 3.21.